The first kappa shape index (κ1) is 14.6. The molecule has 1 amide bonds. The first-order chi connectivity index (χ1) is 10.6. The van der Waals surface area contributed by atoms with Crippen LogP contribution in [0, 0.1) is 17.5 Å². The molecule has 0 radical (unpaired) electrons. The van der Waals surface area contributed by atoms with Crippen LogP contribution in [0.1, 0.15) is 34.8 Å². The zero-order chi connectivity index (χ0) is 15.7. The highest BCUT2D eigenvalue weighted by atomic mass is 19.2. The lowest BCUT2D eigenvalue weighted by Crippen LogP contribution is -2.31. The molecule has 1 saturated heterocycles. The molecule has 0 aliphatic carbocycles. The highest BCUT2D eigenvalue weighted by Gasteiger charge is 2.32. The van der Waals surface area contributed by atoms with E-state index in [2.05, 4.69) is 4.98 Å². The molecule has 1 aliphatic rings. The van der Waals surface area contributed by atoms with E-state index in [9.17, 15) is 18.0 Å². The van der Waals surface area contributed by atoms with E-state index in [0.717, 1.165) is 30.5 Å². The second-order valence-electron chi connectivity index (χ2n) is 5.17. The molecular formula is C16H13F3N2O. The van der Waals surface area contributed by atoms with Gasteiger partial charge < -0.3 is 4.90 Å². The smallest absolute Gasteiger partial charge is 0.257 e. The van der Waals surface area contributed by atoms with E-state index in [1.54, 1.807) is 18.5 Å². The first-order valence-corrected chi connectivity index (χ1v) is 6.94. The summed E-state index contributed by atoms with van der Waals surface area (Å²) in [5, 5.41) is 0. The summed E-state index contributed by atoms with van der Waals surface area (Å²) in [4.78, 5) is 18.0. The number of pyridine rings is 1. The molecule has 3 nitrogen and oxygen atoms in total. The van der Waals surface area contributed by atoms with Crippen molar-refractivity contribution in [3.8, 4) is 0 Å². The predicted molar refractivity (Wildman–Crippen MR) is 73.6 cm³/mol. The van der Waals surface area contributed by atoms with Crippen molar-refractivity contribution >= 4 is 5.91 Å². The van der Waals surface area contributed by atoms with Crippen molar-refractivity contribution in [2.24, 2.45) is 0 Å². The molecule has 1 fully saturated rings. The molecule has 1 unspecified atom stereocenters. The van der Waals surface area contributed by atoms with E-state index < -0.39 is 28.9 Å². The van der Waals surface area contributed by atoms with Crippen molar-refractivity contribution in [1.82, 2.24) is 9.88 Å². The predicted octanol–water partition coefficient (Wildman–Crippen LogP) is 3.48. The monoisotopic (exact) mass is 306 g/mol. The topological polar surface area (TPSA) is 33.2 Å². The van der Waals surface area contributed by atoms with E-state index in [1.807, 2.05) is 6.07 Å². The minimum Gasteiger partial charge on any atom is -0.331 e. The van der Waals surface area contributed by atoms with Gasteiger partial charge in [-0.25, -0.2) is 13.2 Å². The van der Waals surface area contributed by atoms with Gasteiger partial charge in [0.2, 0.25) is 0 Å². The highest BCUT2D eigenvalue weighted by molar-refractivity contribution is 5.95. The lowest BCUT2D eigenvalue weighted by molar-refractivity contribution is 0.0729. The minimum absolute atomic E-state index is 0.228. The Morgan fingerprint density at radius 2 is 2.00 bits per heavy atom. The van der Waals surface area contributed by atoms with Crippen molar-refractivity contribution in [3.05, 3.63) is 65.2 Å². The molecule has 1 atom stereocenters. The van der Waals surface area contributed by atoms with E-state index in [0.29, 0.717) is 6.54 Å². The fraction of sp³-hybridized carbons (Fsp3) is 0.250. The Hall–Kier alpha value is -2.37. The lowest BCUT2D eigenvalue weighted by Gasteiger charge is -2.25. The Balaban J connectivity index is 1.93. The number of likely N-dealkylation sites (tertiary alicyclic amines) is 1. The molecule has 3 rings (SSSR count). The molecule has 0 N–H and O–H groups in total. The summed E-state index contributed by atoms with van der Waals surface area (Å²) in [5.41, 5.74) is 0.394. The molecule has 114 valence electrons. The van der Waals surface area contributed by atoms with E-state index in [4.69, 9.17) is 0 Å². The second-order valence-corrected chi connectivity index (χ2v) is 5.17. The van der Waals surface area contributed by atoms with Crippen LogP contribution < -0.4 is 0 Å². The summed E-state index contributed by atoms with van der Waals surface area (Å²) >= 11 is 0. The van der Waals surface area contributed by atoms with Gasteiger partial charge in [-0.15, -0.1) is 0 Å². The van der Waals surface area contributed by atoms with Crippen LogP contribution in [0.2, 0.25) is 0 Å². The van der Waals surface area contributed by atoms with Crippen LogP contribution in [0.15, 0.2) is 36.7 Å². The Bertz CT molecular complexity index is 706. The molecule has 0 spiro atoms. The maximum absolute atomic E-state index is 13.8. The van der Waals surface area contributed by atoms with Gasteiger partial charge >= 0.3 is 0 Å². The van der Waals surface area contributed by atoms with Crippen LogP contribution >= 0.6 is 0 Å². The van der Waals surface area contributed by atoms with Crippen molar-refractivity contribution in [1.29, 1.82) is 0 Å². The highest BCUT2D eigenvalue weighted by Crippen LogP contribution is 2.33. The summed E-state index contributed by atoms with van der Waals surface area (Å²) < 4.78 is 40.1. The van der Waals surface area contributed by atoms with Crippen LogP contribution in [-0.4, -0.2) is 22.3 Å². The van der Waals surface area contributed by atoms with Crippen LogP contribution in [0.5, 0.6) is 0 Å². The zero-order valence-electron chi connectivity index (χ0n) is 11.6. The summed E-state index contributed by atoms with van der Waals surface area (Å²) in [7, 11) is 0. The maximum atomic E-state index is 13.8. The largest absolute Gasteiger partial charge is 0.331 e. The SMILES string of the molecule is O=C(c1ccc(F)c(F)c1F)N1CCCC1c1cccnc1. The standard InChI is InChI=1S/C16H13F3N2O/c17-12-6-5-11(14(18)15(12)19)16(22)21-8-2-4-13(21)10-3-1-7-20-9-10/h1,3,5-7,9,13H,2,4,8H2. The van der Waals surface area contributed by atoms with Crippen LogP contribution in [0.4, 0.5) is 13.2 Å². The van der Waals surface area contributed by atoms with Gasteiger partial charge in [-0.05, 0) is 36.6 Å². The van der Waals surface area contributed by atoms with E-state index >= 15 is 0 Å². The zero-order valence-corrected chi connectivity index (χ0v) is 11.6. The second kappa shape index (κ2) is 5.79. The molecular weight excluding hydrogens is 293 g/mol. The third kappa shape index (κ3) is 2.45. The number of amides is 1. The molecule has 1 aromatic heterocycles. The average molecular weight is 306 g/mol. The summed E-state index contributed by atoms with van der Waals surface area (Å²) in [5.74, 6) is -5.01. The number of carbonyl (C=O) groups is 1. The van der Waals surface area contributed by atoms with Gasteiger partial charge in [0.15, 0.2) is 17.5 Å². The molecule has 1 aliphatic heterocycles. The van der Waals surface area contributed by atoms with Crippen LogP contribution in [0.3, 0.4) is 0 Å². The van der Waals surface area contributed by atoms with Gasteiger partial charge in [0, 0.05) is 18.9 Å². The normalized spacial score (nSPS) is 17.8. The van der Waals surface area contributed by atoms with Gasteiger partial charge in [-0.2, -0.15) is 0 Å². The third-order valence-electron chi connectivity index (χ3n) is 3.85. The van der Waals surface area contributed by atoms with Gasteiger partial charge in [0.05, 0.1) is 11.6 Å². The number of rotatable bonds is 2. The van der Waals surface area contributed by atoms with Crippen molar-refractivity contribution in [2.45, 2.75) is 18.9 Å². The van der Waals surface area contributed by atoms with Crippen molar-refractivity contribution in [3.63, 3.8) is 0 Å². The lowest BCUT2D eigenvalue weighted by atomic mass is 10.1. The Morgan fingerprint density at radius 3 is 2.73 bits per heavy atom. The molecule has 6 heteroatoms. The van der Waals surface area contributed by atoms with Crippen molar-refractivity contribution < 1.29 is 18.0 Å². The van der Waals surface area contributed by atoms with E-state index in [1.165, 1.54) is 4.90 Å². The number of nitrogens with zero attached hydrogens (tertiary/aromatic N) is 2. The third-order valence-corrected chi connectivity index (χ3v) is 3.85. The van der Waals surface area contributed by atoms with Crippen LogP contribution in [-0.2, 0) is 0 Å². The van der Waals surface area contributed by atoms with Gasteiger partial charge in [0.1, 0.15) is 0 Å². The average Bonchev–Trinajstić information content (AvgIpc) is 3.03. The molecule has 0 bridgehead atoms. The van der Waals surface area contributed by atoms with Crippen molar-refractivity contribution in [2.75, 3.05) is 6.54 Å². The Labute approximate surface area is 125 Å². The number of carbonyl (C=O) groups excluding carboxylic acids is 1. The number of hydrogen-bond donors (Lipinski definition) is 0. The molecule has 22 heavy (non-hydrogen) atoms. The molecule has 2 heterocycles. The number of aromatic nitrogens is 1. The first-order valence-electron chi connectivity index (χ1n) is 6.94. The van der Waals surface area contributed by atoms with Gasteiger partial charge in [-0.1, -0.05) is 6.07 Å². The Morgan fingerprint density at radius 1 is 1.18 bits per heavy atom. The van der Waals surface area contributed by atoms with Crippen LogP contribution in [0.25, 0.3) is 0 Å². The summed E-state index contributed by atoms with van der Waals surface area (Å²) in [6, 6.07) is 5.11. The fourth-order valence-corrected chi connectivity index (χ4v) is 2.78. The Kier molecular flexibility index (Phi) is 3.83. The molecule has 2 aromatic rings. The van der Waals surface area contributed by atoms with E-state index in [-0.39, 0.29) is 6.04 Å². The summed E-state index contributed by atoms with van der Waals surface area (Å²) in [6.45, 7) is 0.441. The van der Waals surface area contributed by atoms with Gasteiger partial charge in [0.25, 0.3) is 5.91 Å². The minimum atomic E-state index is -1.62. The number of benzene rings is 1. The quantitative estimate of drug-likeness (QED) is 0.796. The number of halogens is 3. The molecule has 0 saturated carbocycles. The summed E-state index contributed by atoms with van der Waals surface area (Å²) in [6.07, 6.45) is 4.76. The number of hydrogen-bond acceptors (Lipinski definition) is 2. The fourth-order valence-electron chi connectivity index (χ4n) is 2.78. The maximum Gasteiger partial charge on any atom is 0.257 e. The molecule has 1 aromatic carbocycles. The van der Waals surface area contributed by atoms with Gasteiger partial charge in [-0.3, -0.25) is 9.78 Å².